The fourth-order valence-electron chi connectivity index (χ4n) is 4.86. The van der Waals surface area contributed by atoms with Gasteiger partial charge in [-0.2, -0.15) is 4.31 Å². The molecule has 1 saturated carbocycles. The molecular formula is C26H30N4O5S3. The molecule has 4 heterocycles. The molecule has 38 heavy (non-hydrogen) atoms. The molecule has 0 spiro atoms. The summed E-state index contributed by atoms with van der Waals surface area (Å²) in [6.07, 6.45) is 3.56. The molecule has 0 unspecified atom stereocenters. The Hall–Kier alpha value is -2.67. The molecule has 0 bridgehead atoms. The summed E-state index contributed by atoms with van der Waals surface area (Å²) in [5.74, 6) is -2.59. The fourth-order valence-corrected chi connectivity index (χ4v) is 8.29. The average molecular weight is 578 g/mol. The van der Waals surface area contributed by atoms with Crippen LogP contribution in [0.3, 0.4) is 0 Å². The number of nitrogens with one attached hydrogen (secondary N) is 2. The lowest BCUT2D eigenvalue weighted by Gasteiger charge is -2.37. The van der Waals surface area contributed by atoms with Crippen molar-refractivity contribution in [1.82, 2.24) is 19.9 Å². The molecule has 1 aliphatic carbocycles. The minimum absolute atomic E-state index is 0.0770. The van der Waals surface area contributed by atoms with E-state index in [-0.39, 0.29) is 25.7 Å². The molecule has 2 fully saturated rings. The maximum Gasteiger partial charge on any atom is 0.262 e. The first-order valence-electron chi connectivity index (χ1n) is 13.9. The van der Waals surface area contributed by atoms with Crippen molar-refractivity contribution in [3.8, 4) is 0 Å². The van der Waals surface area contributed by atoms with Crippen LogP contribution in [0.5, 0.6) is 0 Å². The number of pyridine rings is 1. The van der Waals surface area contributed by atoms with Gasteiger partial charge < -0.3 is 10.6 Å². The highest BCUT2D eigenvalue weighted by atomic mass is 32.2. The summed E-state index contributed by atoms with van der Waals surface area (Å²) in [5, 5.41) is 6.84. The second kappa shape index (κ2) is 10.8. The predicted octanol–water partition coefficient (Wildman–Crippen LogP) is 3.72. The summed E-state index contributed by atoms with van der Waals surface area (Å²) < 4.78 is 55.4. The SMILES string of the molecule is [2H]C1([2H])C(=O)[C@@]([2H])(NC(=O)C2(NC(=O)c3cc4sccc4s3)CCCCC2)CC[C@@H](C)N1S(=O)(=O)c1ccccn1. The van der Waals surface area contributed by atoms with Gasteiger partial charge in [-0.15, -0.1) is 22.7 Å². The number of hydrogen-bond acceptors (Lipinski definition) is 8. The first-order valence-corrected chi connectivity index (χ1v) is 15.6. The normalized spacial score (nSPS) is 27.0. The highest BCUT2D eigenvalue weighted by Gasteiger charge is 2.44. The Morgan fingerprint density at radius 2 is 1.97 bits per heavy atom. The third kappa shape index (κ3) is 5.27. The number of amides is 2. The van der Waals surface area contributed by atoms with Crippen molar-refractivity contribution in [1.29, 1.82) is 0 Å². The Kier molecular flexibility index (Phi) is 6.63. The van der Waals surface area contributed by atoms with Gasteiger partial charge in [0.2, 0.25) is 5.91 Å². The van der Waals surface area contributed by atoms with Gasteiger partial charge in [-0.1, -0.05) is 25.3 Å². The zero-order valence-electron chi connectivity index (χ0n) is 23.7. The molecule has 1 saturated heterocycles. The van der Waals surface area contributed by atoms with Crippen LogP contribution in [-0.4, -0.2) is 59.4 Å². The number of aromatic nitrogens is 1. The molecule has 3 aromatic heterocycles. The van der Waals surface area contributed by atoms with Crippen molar-refractivity contribution in [2.45, 2.75) is 74.5 Å². The second-order valence-electron chi connectivity index (χ2n) is 9.59. The van der Waals surface area contributed by atoms with Crippen LogP contribution in [0.2, 0.25) is 0 Å². The fraction of sp³-hybridized carbons (Fsp3) is 0.462. The molecule has 5 rings (SSSR count). The monoisotopic (exact) mass is 577 g/mol. The summed E-state index contributed by atoms with van der Waals surface area (Å²) in [5.41, 5.74) is -1.40. The van der Waals surface area contributed by atoms with Gasteiger partial charge in [0.25, 0.3) is 15.9 Å². The molecule has 202 valence electrons. The van der Waals surface area contributed by atoms with Crippen molar-refractivity contribution in [2.75, 3.05) is 6.50 Å². The van der Waals surface area contributed by atoms with E-state index in [4.69, 9.17) is 4.11 Å². The Labute approximate surface area is 233 Å². The molecule has 2 atom stereocenters. The zero-order chi connectivity index (χ0) is 29.6. The molecule has 2 N–H and O–H groups in total. The van der Waals surface area contributed by atoms with Crippen molar-refractivity contribution in [3.63, 3.8) is 0 Å². The van der Waals surface area contributed by atoms with Crippen LogP contribution >= 0.6 is 22.7 Å². The first kappa shape index (κ1) is 23.2. The van der Waals surface area contributed by atoms with E-state index in [0.29, 0.717) is 22.0 Å². The second-order valence-corrected chi connectivity index (χ2v) is 13.4. The number of carbonyl (C=O) groups is 3. The van der Waals surface area contributed by atoms with Crippen molar-refractivity contribution < 1.29 is 26.9 Å². The van der Waals surface area contributed by atoms with Crippen LogP contribution in [0.4, 0.5) is 0 Å². The third-order valence-electron chi connectivity index (χ3n) is 6.98. The highest BCUT2D eigenvalue weighted by Crippen LogP contribution is 2.33. The molecule has 3 aromatic rings. The number of thiophene rings is 2. The highest BCUT2D eigenvalue weighted by molar-refractivity contribution is 7.89. The van der Waals surface area contributed by atoms with Crippen molar-refractivity contribution in [2.24, 2.45) is 0 Å². The van der Waals surface area contributed by atoms with Gasteiger partial charge in [0.05, 0.1) is 21.5 Å². The van der Waals surface area contributed by atoms with E-state index in [2.05, 4.69) is 15.6 Å². The maximum absolute atomic E-state index is 13.9. The third-order valence-corrected chi connectivity index (χ3v) is 10.8. The van der Waals surface area contributed by atoms with Gasteiger partial charge in [-0.05, 0) is 62.3 Å². The number of Topliss-reactive ketones (excluding diaryl/α,β-unsaturated/α-hetero) is 1. The molecule has 12 heteroatoms. The van der Waals surface area contributed by atoms with Crippen molar-refractivity contribution >= 4 is 59.7 Å². The van der Waals surface area contributed by atoms with Crippen LogP contribution in [0.1, 0.15) is 65.7 Å². The van der Waals surface area contributed by atoms with Crippen LogP contribution in [-0.2, 0) is 19.6 Å². The molecule has 2 aliphatic rings. The lowest BCUT2D eigenvalue weighted by molar-refractivity contribution is -0.132. The van der Waals surface area contributed by atoms with Crippen molar-refractivity contribution in [3.05, 3.63) is 46.8 Å². The van der Waals surface area contributed by atoms with E-state index in [1.165, 1.54) is 54.0 Å². The summed E-state index contributed by atoms with van der Waals surface area (Å²) in [6.45, 7) is -1.71. The number of fused-ring (bicyclic) bond motifs is 1. The number of carbonyl (C=O) groups excluding carboxylic acids is 3. The molecule has 0 radical (unpaired) electrons. The number of nitrogens with zero attached hydrogens (tertiary/aromatic N) is 2. The van der Waals surface area contributed by atoms with Crippen LogP contribution in [0.15, 0.2) is 46.9 Å². The first-order chi connectivity index (χ1) is 19.3. The number of hydrogen-bond donors (Lipinski definition) is 2. The molecule has 9 nitrogen and oxygen atoms in total. The Morgan fingerprint density at radius 1 is 1.18 bits per heavy atom. The van der Waals surface area contributed by atoms with E-state index < -0.39 is 56.7 Å². The number of ketones is 1. The van der Waals surface area contributed by atoms with Gasteiger partial charge in [0.1, 0.15) is 5.54 Å². The minimum atomic E-state index is -4.56. The summed E-state index contributed by atoms with van der Waals surface area (Å²) in [7, 11) is -4.56. The van der Waals surface area contributed by atoms with E-state index in [9.17, 15) is 22.8 Å². The largest absolute Gasteiger partial charge is 0.344 e. The van der Waals surface area contributed by atoms with Gasteiger partial charge in [0.15, 0.2) is 10.8 Å². The molecule has 0 aromatic carbocycles. The average Bonchev–Trinajstić information content (AvgIpc) is 3.54. The summed E-state index contributed by atoms with van der Waals surface area (Å²) >= 11 is 2.81. The topological polar surface area (TPSA) is 126 Å². The number of sulfonamides is 1. The summed E-state index contributed by atoms with van der Waals surface area (Å²) in [4.78, 5) is 45.1. The Balaban J connectivity index is 1.43. The quantitative estimate of drug-likeness (QED) is 0.460. The van der Waals surface area contributed by atoms with E-state index in [1.54, 1.807) is 6.07 Å². The maximum atomic E-state index is 13.9. The lowest BCUT2D eigenvalue weighted by atomic mass is 9.80. The van der Waals surface area contributed by atoms with Crippen LogP contribution in [0.25, 0.3) is 9.40 Å². The van der Waals surface area contributed by atoms with E-state index in [1.807, 2.05) is 11.4 Å². The van der Waals surface area contributed by atoms with Gasteiger partial charge >= 0.3 is 0 Å². The standard InChI is InChI=1S/C26H30N4O5S3/c1-17-8-9-18(19(31)16-30(17)38(34,35)23-7-3-6-13-27-23)28-25(33)26(11-4-2-5-12-26)29-24(32)22-15-21-20(37-22)10-14-36-21/h3,6-7,10,13-15,17-18H,2,4-5,8-9,11-12,16H2,1H3,(H,28,33)(H,29,32)/t17-,18+/m1/s1/i16D2,18D. The predicted molar refractivity (Wildman–Crippen MR) is 147 cm³/mol. The smallest absolute Gasteiger partial charge is 0.262 e. The Morgan fingerprint density at radius 3 is 2.68 bits per heavy atom. The Bertz CT molecular complexity index is 1560. The molecular weight excluding hydrogens is 545 g/mol. The molecule has 1 aliphatic heterocycles. The lowest BCUT2D eigenvalue weighted by Crippen LogP contribution is -2.62. The van der Waals surface area contributed by atoms with Crippen LogP contribution < -0.4 is 10.6 Å². The summed E-state index contributed by atoms with van der Waals surface area (Å²) in [6, 6.07) is 4.35. The molecule has 2 amide bonds. The van der Waals surface area contributed by atoms with E-state index >= 15 is 0 Å². The van der Waals surface area contributed by atoms with Gasteiger partial charge in [-0.25, -0.2) is 13.4 Å². The van der Waals surface area contributed by atoms with Gasteiger partial charge in [0, 0.05) is 21.6 Å². The number of rotatable bonds is 6. The minimum Gasteiger partial charge on any atom is -0.344 e. The van der Waals surface area contributed by atoms with E-state index in [0.717, 1.165) is 15.8 Å². The van der Waals surface area contributed by atoms with Crippen LogP contribution in [0, 0.1) is 0 Å². The zero-order valence-corrected chi connectivity index (χ0v) is 23.2. The van der Waals surface area contributed by atoms with Gasteiger partial charge in [-0.3, -0.25) is 14.4 Å².